The topological polar surface area (TPSA) is 20.3 Å². The lowest BCUT2D eigenvalue weighted by Gasteiger charge is -2.31. The molecule has 3 unspecified atom stereocenters. The van der Waals surface area contributed by atoms with Crippen molar-refractivity contribution in [1.29, 1.82) is 0 Å². The quantitative estimate of drug-likeness (QED) is 0.806. The molecule has 1 aliphatic carbocycles. The molecule has 2 nitrogen and oxygen atoms in total. The smallest absolute Gasteiger partial charge is 0.342 e. The number of alkyl halides is 3. The highest BCUT2D eigenvalue weighted by atomic mass is 19.4. The van der Waals surface area contributed by atoms with E-state index >= 15 is 0 Å². The molecule has 3 rings (SSSR count). The van der Waals surface area contributed by atoms with Crippen LogP contribution >= 0.6 is 0 Å². The normalized spacial score (nSPS) is 28.5. The average molecular weight is 311 g/mol. The molecule has 3 atom stereocenters. The molecule has 2 fully saturated rings. The average Bonchev–Trinajstić information content (AvgIpc) is 3.26. The fourth-order valence-electron chi connectivity index (χ4n) is 3.38. The van der Waals surface area contributed by atoms with Crippen molar-refractivity contribution in [3.05, 3.63) is 35.4 Å². The van der Waals surface area contributed by atoms with Crippen LogP contribution in [-0.2, 0) is 11.0 Å². The Balaban J connectivity index is 1.63. The van der Waals surface area contributed by atoms with Gasteiger partial charge in [-0.2, -0.15) is 13.2 Å². The second kappa shape index (κ2) is 5.60. The van der Waals surface area contributed by atoms with Crippen LogP contribution < -0.4 is 0 Å². The van der Waals surface area contributed by atoms with Crippen LogP contribution in [0.3, 0.4) is 0 Å². The van der Waals surface area contributed by atoms with Crippen LogP contribution in [0.1, 0.15) is 43.2 Å². The maximum absolute atomic E-state index is 12.6. The molecule has 1 saturated carbocycles. The molecule has 0 bridgehead atoms. The van der Waals surface area contributed by atoms with E-state index < -0.39 is 11.7 Å². The largest absolute Gasteiger partial charge is 0.416 e. The first kappa shape index (κ1) is 15.4. The Kier molecular flexibility index (Phi) is 3.91. The Bertz CT molecular complexity index is 552. The van der Waals surface area contributed by atoms with Gasteiger partial charge in [-0.3, -0.25) is 4.79 Å². The van der Waals surface area contributed by atoms with Crippen molar-refractivity contribution in [2.45, 2.75) is 38.3 Å². The summed E-state index contributed by atoms with van der Waals surface area (Å²) in [5.41, 5.74) is 0.209. The first-order valence-corrected chi connectivity index (χ1v) is 7.82. The van der Waals surface area contributed by atoms with E-state index in [4.69, 9.17) is 0 Å². The van der Waals surface area contributed by atoms with Gasteiger partial charge in [0.25, 0.3) is 0 Å². The van der Waals surface area contributed by atoms with Gasteiger partial charge in [-0.15, -0.1) is 0 Å². The van der Waals surface area contributed by atoms with Gasteiger partial charge >= 0.3 is 6.18 Å². The van der Waals surface area contributed by atoms with Crippen LogP contribution in [0.25, 0.3) is 0 Å². The number of rotatable bonds is 2. The minimum Gasteiger partial charge on any atom is -0.342 e. The zero-order chi connectivity index (χ0) is 15.9. The van der Waals surface area contributed by atoms with Crippen LogP contribution in [0.15, 0.2) is 24.3 Å². The van der Waals surface area contributed by atoms with Gasteiger partial charge < -0.3 is 4.90 Å². The highest BCUT2D eigenvalue weighted by Crippen LogP contribution is 2.49. The van der Waals surface area contributed by atoms with Crippen LogP contribution in [0.4, 0.5) is 13.2 Å². The van der Waals surface area contributed by atoms with Crippen molar-refractivity contribution in [3.8, 4) is 0 Å². The molecule has 0 aromatic heterocycles. The van der Waals surface area contributed by atoms with Crippen molar-refractivity contribution in [3.63, 3.8) is 0 Å². The molecule has 22 heavy (non-hydrogen) atoms. The van der Waals surface area contributed by atoms with Gasteiger partial charge in [0.15, 0.2) is 0 Å². The zero-order valence-electron chi connectivity index (χ0n) is 12.6. The van der Waals surface area contributed by atoms with Crippen molar-refractivity contribution >= 4 is 5.91 Å². The minimum absolute atomic E-state index is 0.0398. The molecule has 1 heterocycles. The third kappa shape index (κ3) is 3.13. The number of hydrogen-bond acceptors (Lipinski definition) is 1. The number of amides is 1. The zero-order valence-corrected chi connectivity index (χ0v) is 12.6. The van der Waals surface area contributed by atoms with Gasteiger partial charge in [0.2, 0.25) is 5.91 Å². The Morgan fingerprint density at radius 1 is 1.23 bits per heavy atom. The van der Waals surface area contributed by atoms with Crippen molar-refractivity contribution < 1.29 is 18.0 Å². The summed E-state index contributed by atoms with van der Waals surface area (Å²) in [4.78, 5) is 14.4. The highest BCUT2D eigenvalue weighted by molar-refractivity contribution is 5.83. The van der Waals surface area contributed by atoms with E-state index in [2.05, 4.69) is 6.92 Å². The predicted molar refractivity (Wildman–Crippen MR) is 77.3 cm³/mol. The summed E-state index contributed by atoms with van der Waals surface area (Å²) < 4.78 is 37.7. The number of carbonyl (C=O) groups is 1. The van der Waals surface area contributed by atoms with E-state index in [0.717, 1.165) is 50.0 Å². The van der Waals surface area contributed by atoms with Crippen LogP contribution in [0.5, 0.6) is 0 Å². The van der Waals surface area contributed by atoms with E-state index in [1.54, 1.807) is 0 Å². The minimum atomic E-state index is -4.30. The molecular weight excluding hydrogens is 291 g/mol. The number of piperidine rings is 1. The third-order valence-corrected chi connectivity index (χ3v) is 4.74. The first-order valence-electron chi connectivity index (χ1n) is 7.82. The Morgan fingerprint density at radius 2 is 1.91 bits per heavy atom. The number of benzene rings is 1. The Morgan fingerprint density at radius 3 is 2.50 bits per heavy atom. The summed E-state index contributed by atoms with van der Waals surface area (Å²) in [6.45, 7) is 3.79. The summed E-state index contributed by atoms with van der Waals surface area (Å²) in [6.07, 6.45) is -1.34. The third-order valence-electron chi connectivity index (χ3n) is 4.74. The highest BCUT2D eigenvalue weighted by Gasteiger charge is 2.46. The molecule has 5 heteroatoms. The summed E-state index contributed by atoms with van der Waals surface area (Å²) in [5.74, 6) is 0.770. The lowest BCUT2D eigenvalue weighted by atomic mass is 9.99. The SMILES string of the molecule is CC1CCCN(C(=O)C2CC2c2ccc(C(F)(F)F)cc2)C1. The molecule has 1 aliphatic heterocycles. The Labute approximate surface area is 128 Å². The van der Waals surface area contributed by atoms with Gasteiger partial charge in [-0.25, -0.2) is 0 Å². The van der Waals surface area contributed by atoms with Gasteiger partial charge in [-0.1, -0.05) is 19.1 Å². The van der Waals surface area contributed by atoms with Gasteiger partial charge in [0.1, 0.15) is 0 Å². The summed E-state index contributed by atoms with van der Waals surface area (Å²) in [6, 6.07) is 5.25. The number of halogens is 3. The fourth-order valence-corrected chi connectivity index (χ4v) is 3.38. The van der Waals surface area contributed by atoms with Crippen molar-refractivity contribution in [1.82, 2.24) is 4.90 Å². The standard InChI is InChI=1S/C17H20F3NO/c1-11-3-2-8-21(10-11)16(22)15-9-14(15)12-4-6-13(7-5-12)17(18,19)20/h4-7,11,14-15H,2-3,8-10H2,1H3. The molecule has 120 valence electrons. The first-order chi connectivity index (χ1) is 10.4. The number of hydrogen-bond donors (Lipinski definition) is 0. The van der Waals surface area contributed by atoms with E-state index in [1.165, 1.54) is 12.1 Å². The molecule has 1 saturated heterocycles. The Hall–Kier alpha value is -1.52. The second-order valence-electron chi connectivity index (χ2n) is 6.60. The fraction of sp³-hybridized carbons (Fsp3) is 0.588. The predicted octanol–water partition coefficient (Wildman–Crippen LogP) is 4.07. The lowest BCUT2D eigenvalue weighted by molar-refractivity contribution is -0.137. The van der Waals surface area contributed by atoms with Gasteiger partial charge in [0.05, 0.1) is 5.56 Å². The molecular formula is C17H20F3NO. The molecule has 0 N–H and O–H groups in total. The summed E-state index contributed by atoms with van der Waals surface area (Å²) in [7, 11) is 0. The van der Waals surface area contributed by atoms with Gasteiger partial charge in [0, 0.05) is 19.0 Å². The van der Waals surface area contributed by atoms with Crippen LogP contribution in [0.2, 0.25) is 0 Å². The molecule has 1 aromatic rings. The number of carbonyl (C=O) groups excluding carboxylic acids is 1. The lowest BCUT2D eigenvalue weighted by Crippen LogP contribution is -2.40. The van der Waals surface area contributed by atoms with Crippen molar-refractivity contribution in [2.75, 3.05) is 13.1 Å². The molecule has 1 aromatic carbocycles. The summed E-state index contributed by atoms with van der Waals surface area (Å²) >= 11 is 0. The van der Waals surface area contributed by atoms with E-state index in [-0.39, 0.29) is 17.7 Å². The maximum atomic E-state index is 12.6. The number of likely N-dealkylation sites (tertiary alicyclic amines) is 1. The maximum Gasteiger partial charge on any atom is 0.416 e. The molecule has 0 radical (unpaired) electrons. The van der Waals surface area contributed by atoms with E-state index in [9.17, 15) is 18.0 Å². The van der Waals surface area contributed by atoms with Crippen LogP contribution in [0, 0.1) is 11.8 Å². The van der Waals surface area contributed by atoms with Crippen LogP contribution in [-0.4, -0.2) is 23.9 Å². The molecule has 1 amide bonds. The van der Waals surface area contributed by atoms with Gasteiger partial charge in [-0.05, 0) is 48.8 Å². The van der Waals surface area contributed by atoms with E-state index in [0.29, 0.717) is 5.92 Å². The monoisotopic (exact) mass is 311 g/mol. The number of nitrogens with zero attached hydrogens (tertiary/aromatic N) is 1. The summed E-state index contributed by atoms with van der Waals surface area (Å²) in [5, 5.41) is 0. The van der Waals surface area contributed by atoms with Crippen molar-refractivity contribution in [2.24, 2.45) is 11.8 Å². The van der Waals surface area contributed by atoms with E-state index in [1.807, 2.05) is 4.90 Å². The molecule has 0 spiro atoms. The molecule has 2 aliphatic rings. The second-order valence-corrected chi connectivity index (χ2v) is 6.60.